The zero-order chi connectivity index (χ0) is 50.0. The molecule has 4 aromatic heterocycles. The normalized spacial score (nSPS) is 12.3. The van der Waals surface area contributed by atoms with Gasteiger partial charge in [0.25, 0.3) is 6.33 Å². The molecule has 7 heteroatoms. The number of fused-ring (bicyclic) bond motifs is 13. The molecule has 1 aliphatic rings. The summed E-state index contributed by atoms with van der Waals surface area (Å²) in [5.74, 6) is 1.99. The molecule has 13 aromatic rings. The minimum Gasteiger partial charge on any atom is -0.510 e. The van der Waals surface area contributed by atoms with Crippen LogP contribution < -0.4 is 9.30 Å². The molecule has 0 fully saturated rings. The summed E-state index contributed by atoms with van der Waals surface area (Å²) in [5, 5.41) is 4.63. The fourth-order valence-corrected chi connectivity index (χ4v) is 11.4. The van der Waals surface area contributed by atoms with Crippen molar-refractivity contribution in [2.45, 2.75) is 52.4 Å². The zero-order valence-corrected chi connectivity index (χ0v) is 44.8. The molecule has 14 rings (SSSR count). The van der Waals surface area contributed by atoms with E-state index in [1.807, 2.05) is 24.4 Å². The molecule has 0 atom stereocenters. The van der Waals surface area contributed by atoms with Crippen LogP contribution in [0.3, 0.4) is 0 Å². The van der Waals surface area contributed by atoms with Gasteiger partial charge in [-0.15, -0.1) is 29.7 Å². The predicted octanol–water partition coefficient (Wildman–Crippen LogP) is 16.6. The van der Waals surface area contributed by atoms with Crippen molar-refractivity contribution in [3.05, 3.63) is 230 Å². The second kappa shape index (κ2) is 17.4. The average molecular weight is 1150 g/mol. The van der Waals surface area contributed by atoms with Crippen molar-refractivity contribution < 1.29 is 30.4 Å². The van der Waals surface area contributed by atoms with Crippen LogP contribution in [0, 0.1) is 18.5 Å². The third kappa shape index (κ3) is 7.41. The Morgan fingerprint density at radius 2 is 1.01 bits per heavy atom. The summed E-state index contributed by atoms with van der Waals surface area (Å²) in [7, 11) is 0. The number of aromatic nitrogens is 5. The van der Waals surface area contributed by atoms with Crippen LogP contribution in [0.15, 0.2) is 200 Å². The molecule has 1 aliphatic heterocycles. The Hall–Kier alpha value is -8.31. The summed E-state index contributed by atoms with van der Waals surface area (Å²) in [6, 6.07) is 77.2. The Bertz CT molecular complexity index is 4390. The maximum atomic E-state index is 6.80. The maximum absolute atomic E-state index is 6.80. The molecule has 0 saturated carbocycles. The van der Waals surface area contributed by atoms with E-state index in [9.17, 15) is 0 Å². The second-order valence-electron chi connectivity index (χ2n) is 21.6. The molecular formula is C68H51N5OPt-2. The SMILES string of the molecule is CC(C)(C)c1ccnc(-n2c3[c-]c(Oc4[c-]c(-n5[c-][n+]6c7c(cccc75)-c5ccccc5-c5ccc(C(C)(C)C)cc5-c5cccc(-n7c8ccccc8c8ccccc87)c5-6)ccc4)ccc3c3ccccc32)c1.[Pt]. The Morgan fingerprint density at radius 3 is 1.73 bits per heavy atom. The van der Waals surface area contributed by atoms with Crippen LogP contribution in [0.2, 0.25) is 0 Å². The molecule has 6 nitrogen and oxygen atoms in total. The monoisotopic (exact) mass is 1150 g/mol. The standard InChI is InChI=1S/C68H51N5O.Pt/c1-67(2,3)43-32-34-50-48-20-7-8-21-49(48)55-25-16-30-61-65(55)71(66-56(57(50)38-43)26-17-31-62(66)72-58-27-12-9-22-51(58)52-23-10-13-28-59(52)72)42-70(61)45-18-15-19-46(40-45)74-47-33-35-54-53-24-11-14-29-60(53)73(63(54)41-47)64-39-44(36-37-69-64)68(4,5)6;/h7-39H,1-6H3;/q-2;. The van der Waals surface area contributed by atoms with Crippen LogP contribution in [0.5, 0.6) is 11.5 Å². The summed E-state index contributed by atoms with van der Waals surface area (Å²) in [6.45, 7) is 13.6. The molecule has 0 amide bonds. The van der Waals surface area contributed by atoms with Crippen molar-refractivity contribution in [3.63, 3.8) is 0 Å². The van der Waals surface area contributed by atoms with E-state index in [1.165, 1.54) is 38.6 Å². The van der Waals surface area contributed by atoms with E-state index >= 15 is 0 Å². The van der Waals surface area contributed by atoms with E-state index in [-0.39, 0.29) is 31.9 Å². The van der Waals surface area contributed by atoms with Crippen LogP contribution in [0.4, 0.5) is 0 Å². The molecular weight excluding hydrogens is 1100 g/mol. The molecule has 75 heavy (non-hydrogen) atoms. The van der Waals surface area contributed by atoms with Gasteiger partial charge in [0.05, 0.1) is 33.4 Å². The van der Waals surface area contributed by atoms with Crippen LogP contribution >= 0.6 is 0 Å². The molecule has 0 aliphatic carbocycles. The van der Waals surface area contributed by atoms with Gasteiger partial charge in [0, 0.05) is 55.1 Å². The molecule has 0 radical (unpaired) electrons. The van der Waals surface area contributed by atoms with Crippen molar-refractivity contribution >= 4 is 54.6 Å². The smallest absolute Gasteiger partial charge is 0.268 e. The van der Waals surface area contributed by atoms with E-state index in [0.717, 1.165) is 83.4 Å². The van der Waals surface area contributed by atoms with Gasteiger partial charge in [-0.05, 0) is 103 Å². The van der Waals surface area contributed by atoms with Gasteiger partial charge >= 0.3 is 0 Å². The quantitative estimate of drug-likeness (QED) is 0.127. The Morgan fingerprint density at radius 1 is 0.453 bits per heavy atom. The average Bonchev–Trinajstić information content (AvgIpc) is 4.16. The number of pyridine rings is 1. The third-order valence-corrected chi connectivity index (χ3v) is 15.0. The van der Waals surface area contributed by atoms with E-state index in [0.29, 0.717) is 11.5 Å². The molecule has 9 aromatic carbocycles. The van der Waals surface area contributed by atoms with Gasteiger partial charge in [-0.3, -0.25) is 4.57 Å². The van der Waals surface area contributed by atoms with Gasteiger partial charge < -0.3 is 18.4 Å². The van der Waals surface area contributed by atoms with Crippen LogP contribution in [0.1, 0.15) is 52.7 Å². The molecule has 0 spiro atoms. The predicted molar refractivity (Wildman–Crippen MR) is 302 cm³/mol. The summed E-state index contributed by atoms with van der Waals surface area (Å²) >= 11 is 0. The Labute approximate surface area is 451 Å². The van der Waals surface area contributed by atoms with Gasteiger partial charge in [0.2, 0.25) is 0 Å². The fourth-order valence-electron chi connectivity index (χ4n) is 11.4. The first kappa shape index (κ1) is 46.5. The number of benzene rings is 9. The second-order valence-corrected chi connectivity index (χ2v) is 21.6. The van der Waals surface area contributed by atoms with E-state index in [2.05, 4.69) is 254 Å². The number of rotatable bonds is 5. The van der Waals surface area contributed by atoms with Crippen LogP contribution in [0.25, 0.3) is 111 Å². The number of ether oxygens (including phenoxy) is 1. The van der Waals surface area contributed by atoms with E-state index in [4.69, 9.17) is 9.72 Å². The summed E-state index contributed by atoms with van der Waals surface area (Å²) in [5.41, 5.74) is 18.4. The molecule has 0 unspecified atom stereocenters. The van der Waals surface area contributed by atoms with Crippen molar-refractivity contribution in [1.82, 2.24) is 18.7 Å². The van der Waals surface area contributed by atoms with Crippen molar-refractivity contribution in [3.8, 4) is 67.8 Å². The topological polar surface area (TPSA) is 40.8 Å². The third-order valence-electron chi connectivity index (χ3n) is 15.0. The van der Waals surface area contributed by atoms with Crippen LogP contribution in [-0.2, 0) is 31.9 Å². The van der Waals surface area contributed by atoms with E-state index < -0.39 is 0 Å². The Balaban J connectivity index is 0.00000541. The number of hydrogen-bond acceptors (Lipinski definition) is 2. The van der Waals surface area contributed by atoms with Crippen molar-refractivity contribution in [2.75, 3.05) is 0 Å². The van der Waals surface area contributed by atoms with Crippen molar-refractivity contribution in [2.24, 2.45) is 0 Å². The number of nitrogens with zero attached hydrogens (tertiary/aromatic N) is 5. The molecule has 5 heterocycles. The molecule has 0 saturated heterocycles. The first-order chi connectivity index (χ1) is 36.0. The van der Waals surface area contributed by atoms with Gasteiger partial charge in [-0.1, -0.05) is 174 Å². The zero-order valence-electron chi connectivity index (χ0n) is 42.5. The number of hydrogen-bond donors (Lipinski definition) is 0. The van der Waals surface area contributed by atoms with Gasteiger partial charge in [0.1, 0.15) is 5.82 Å². The molecule has 366 valence electrons. The van der Waals surface area contributed by atoms with Gasteiger partial charge in [0.15, 0.2) is 0 Å². The minimum absolute atomic E-state index is 0. The summed E-state index contributed by atoms with van der Waals surface area (Å²) in [6.07, 6.45) is 5.90. The van der Waals surface area contributed by atoms with Gasteiger partial charge in [-0.2, -0.15) is 18.2 Å². The first-order valence-corrected chi connectivity index (χ1v) is 25.5. The largest absolute Gasteiger partial charge is 0.510 e. The maximum Gasteiger partial charge on any atom is 0.268 e. The minimum atomic E-state index is -0.0868. The summed E-state index contributed by atoms with van der Waals surface area (Å²) < 4.78 is 15.9. The number of imidazole rings is 1. The number of para-hydroxylation sites is 5. The van der Waals surface area contributed by atoms with Crippen molar-refractivity contribution in [1.29, 1.82) is 0 Å². The fraction of sp³-hybridized carbons (Fsp3) is 0.118. The Kier molecular flexibility index (Phi) is 10.8. The van der Waals surface area contributed by atoms with E-state index in [1.54, 1.807) is 0 Å². The summed E-state index contributed by atoms with van der Waals surface area (Å²) in [4.78, 5) is 4.90. The van der Waals surface area contributed by atoms with Crippen LogP contribution in [-0.4, -0.2) is 18.7 Å². The molecule has 0 N–H and O–H groups in total. The van der Waals surface area contributed by atoms with Gasteiger partial charge in [-0.25, -0.2) is 4.98 Å². The first-order valence-electron chi connectivity index (χ1n) is 25.5. The molecule has 0 bridgehead atoms.